The Kier molecular flexibility index (Phi) is 4.67. The number of hydrogen-bond donors (Lipinski definition) is 0. The van der Waals surface area contributed by atoms with Crippen molar-refractivity contribution >= 4 is 29.1 Å². The van der Waals surface area contributed by atoms with E-state index < -0.39 is 0 Å². The molecular weight excluding hydrogens is 300 g/mol. The summed E-state index contributed by atoms with van der Waals surface area (Å²) in [5, 5.41) is 0.773. The third-order valence-corrected chi connectivity index (χ3v) is 5.22. The largest absolute Gasteiger partial charge is 0.293 e. The van der Waals surface area contributed by atoms with Gasteiger partial charge in [-0.05, 0) is 48.1 Å². The Bertz CT molecular complexity index is 666. The van der Waals surface area contributed by atoms with E-state index in [0.717, 1.165) is 34.7 Å². The number of fused-ring (bicyclic) bond motifs is 1. The summed E-state index contributed by atoms with van der Waals surface area (Å²) in [5.41, 5.74) is 4.71. The molecule has 0 unspecified atom stereocenters. The zero-order valence-electron chi connectivity index (χ0n) is 11.8. The minimum absolute atomic E-state index is 0.210. The maximum atomic E-state index is 12.3. The second-order valence-electron chi connectivity index (χ2n) is 5.34. The Morgan fingerprint density at radius 1 is 1.10 bits per heavy atom. The first kappa shape index (κ1) is 14.7. The van der Waals surface area contributed by atoms with Gasteiger partial charge in [0.1, 0.15) is 0 Å². The summed E-state index contributed by atoms with van der Waals surface area (Å²) in [5.74, 6) is 1.49. The number of rotatable bonds is 5. The summed E-state index contributed by atoms with van der Waals surface area (Å²) >= 11 is 7.74. The van der Waals surface area contributed by atoms with E-state index in [9.17, 15) is 4.79 Å². The zero-order chi connectivity index (χ0) is 14.7. The quantitative estimate of drug-likeness (QED) is 0.726. The minimum Gasteiger partial charge on any atom is -0.293 e. The molecule has 0 heterocycles. The van der Waals surface area contributed by atoms with Crippen molar-refractivity contribution in [1.82, 2.24) is 0 Å². The van der Waals surface area contributed by atoms with E-state index in [4.69, 9.17) is 11.6 Å². The number of thioether (sulfide) groups is 1. The van der Waals surface area contributed by atoms with E-state index in [1.165, 1.54) is 17.5 Å². The van der Waals surface area contributed by atoms with E-state index in [-0.39, 0.29) is 5.78 Å². The first-order valence-electron chi connectivity index (χ1n) is 7.20. The lowest BCUT2D eigenvalue weighted by molar-refractivity contribution is 0.102. The van der Waals surface area contributed by atoms with Gasteiger partial charge >= 0.3 is 0 Å². The summed E-state index contributed by atoms with van der Waals surface area (Å²) in [4.78, 5) is 12.3. The van der Waals surface area contributed by atoms with Crippen molar-refractivity contribution in [2.24, 2.45) is 0 Å². The molecule has 0 amide bonds. The van der Waals surface area contributed by atoms with Gasteiger partial charge in [-0.3, -0.25) is 4.79 Å². The van der Waals surface area contributed by atoms with Gasteiger partial charge in [-0.15, -0.1) is 11.8 Å². The van der Waals surface area contributed by atoms with Gasteiger partial charge < -0.3 is 0 Å². The summed E-state index contributed by atoms with van der Waals surface area (Å²) in [6.45, 7) is 0. The fraction of sp³-hybridized carbons (Fsp3) is 0.278. The van der Waals surface area contributed by atoms with E-state index >= 15 is 0 Å². The molecule has 3 rings (SSSR count). The number of aryl methyl sites for hydroxylation is 2. The monoisotopic (exact) mass is 316 g/mol. The second kappa shape index (κ2) is 6.67. The molecule has 0 saturated heterocycles. The molecule has 0 fully saturated rings. The Balaban J connectivity index is 1.58. The normalized spacial score (nSPS) is 13.2. The molecule has 0 bridgehead atoms. The van der Waals surface area contributed by atoms with Gasteiger partial charge in [0, 0.05) is 16.3 Å². The van der Waals surface area contributed by atoms with E-state index in [2.05, 4.69) is 12.1 Å². The fourth-order valence-electron chi connectivity index (χ4n) is 2.70. The number of halogens is 1. The summed E-state index contributed by atoms with van der Waals surface area (Å²) in [6, 6.07) is 14.0. The van der Waals surface area contributed by atoms with Crippen LogP contribution in [-0.4, -0.2) is 11.5 Å². The lowest BCUT2D eigenvalue weighted by atomic mass is 10.0. The van der Waals surface area contributed by atoms with Crippen LogP contribution in [0.25, 0.3) is 0 Å². The van der Waals surface area contributed by atoms with Crippen molar-refractivity contribution in [3.63, 3.8) is 0 Å². The number of Topliss-reactive ketones (excluding diaryl/α,β-unsaturated/α-hetero) is 1. The molecule has 2 aromatic carbocycles. The van der Waals surface area contributed by atoms with Crippen LogP contribution in [0.3, 0.4) is 0 Å². The maximum Gasteiger partial charge on any atom is 0.172 e. The Hall–Kier alpha value is -1.25. The van der Waals surface area contributed by atoms with Gasteiger partial charge in [0.2, 0.25) is 0 Å². The predicted octanol–water partition coefficient (Wildman–Crippen LogP) is 4.94. The third kappa shape index (κ3) is 3.50. The van der Waals surface area contributed by atoms with Crippen molar-refractivity contribution in [1.29, 1.82) is 0 Å². The highest BCUT2D eigenvalue weighted by molar-refractivity contribution is 7.99. The molecule has 1 aliphatic carbocycles. The van der Waals surface area contributed by atoms with Gasteiger partial charge in [0.05, 0.1) is 5.75 Å². The van der Waals surface area contributed by atoms with Crippen LogP contribution in [0.15, 0.2) is 42.5 Å². The Labute approximate surface area is 134 Å². The number of benzene rings is 2. The summed E-state index contributed by atoms with van der Waals surface area (Å²) in [6.07, 6.45) is 3.49. The fourth-order valence-corrected chi connectivity index (χ4v) is 3.91. The first-order chi connectivity index (χ1) is 10.2. The molecule has 0 N–H and O–H groups in total. The molecule has 108 valence electrons. The molecule has 1 nitrogen and oxygen atoms in total. The molecule has 2 aromatic rings. The average molecular weight is 317 g/mol. The summed E-state index contributed by atoms with van der Waals surface area (Å²) < 4.78 is 0. The smallest absolute Gasteiger partial charge is 0.172 e. The standard InChI is InChI=1S/C18H17ClOS/c19-17-7-2-1-4-16(17)11-21-12-18(20)15-9-8-13-5-3-6-14(13)10-15/h1-2,4,7-10H,3,5-6,11-12H2. The van der Waals surface area contributed by atoms with Crippen LogP contribution >= 0.6 is 23.4 Å². The molecular formula is C18H17ClOS. The highest BCUT2D eigenvalue weighted by Crippen LogP contribution is 2.24. The average Bonchev–Trinajstić information content (AvgIpc) is 2.96. The van der Waals surface area contributed by atoms with Crippen LogP contribution in [0.1, 0.15) is 33.5 Å². The van der Waals surface area contributed by atoms with Crippen LogP contribution in [-0.2, 0) is 18.6 Å². The first-order valence-corrected chi connectivity index (χ1v) is 8.73. The molecule has 0 atom stereocenters. The van der Waals surface area contributed by atoms with Crippen LogP contribution in [0.2, 0.25) is 5.02 Å². The van der Waals surface area contributed by atoms with Gasteiger partial charge in [-0.1, -0.05) is 41.9 Å². The highest BCUT2D eigenvalue weighted by Gasteiger charge is 2.14. The van der Waals surface area contributed by atoms with Gasteiger partial charge in [0.25, 0.3) is 0 Å². The van der Waals surface area contributed by atoms with Gasteiger partial charge in [0.15, 0.2) is 5.78 Å². The summed E-state index contributed by atoms with van der Waals surface area (Å²) in [7, 11) is 0. The van der Waals surface area contributed by atoms with Crippen molar-refractivity contribution in [3.8, 4) is 0 Å². The Morgan fingerprint density at radius 3 is 2.76 bits per heavy atom. The number of hydrogen-bond acceptors (Lipinski definition) is 2. The zero-order valence-corrected chi connectivity index (χ0v) is 13.3. The van der Waals surface area contributed by atoms with Crippen LogP contribution in [0.5, 0.6) is 0 Å². The number of ketones is 1. The topological polar surface area (TPSA) is 17.1 Å². The number of carbonyl (C=O) groups excluding carboxylic acids is 1. The molecule has 0 spiro atoms. The van der Waals surface area contributed by atoms with Crippen molar-refractivity contribution in [2.45, 2.75) is 25.0 Å². The van der Waals surface area contributed by atoms with Crippen molar-refractivity contribution < 1.29 is 4.79 Å². The van der Waals surface area contributed by atoms with Crippen LogP contribution < -0.4 is 0 Å². The molecule has 21 heavy (non-hydrogen) atoms. The van der Waals surface area contributed by atoms with Crippen molar-refractivity contribution in [3.05, 3.63) is 69.7 Å². The lowest BCUT2D eigenvalue weighted by Gasteiger charge is -2.06. The van der Waals surface area contributed by atoms with Gasteiger partial charge in [-0.2, -0.15) is 0 Å². The van der Waals surface area contributed by atoms with Crippen molar-refractivity contribution in [2.75, 3.05) is 5.75 Å². The van der Waals surface area contributed by atoms with E-state index in [1.54, 1.807) is 11.8 Å². The molecule has 0 aliphatic heterocycles. The molecule has 0 saturated carbocycles. The highest BCUT2D eigenvalue weighted by atomic mass is 35.5. The predicted molar refractivity (Wildman–Crippen MR) is 90.4 cm³/mol. The lowest BCUT2D eigenvalue weighted by Crippen LogP contribution is -2.03. The van der Waals surface area contributed by atoms with Crippen LogP contribution in [0.4, 0.5) is 0 Å². The maximum absolute atomic E-state index is 12.3. The SMILES string of the molecule is O=C(CSCc1ccccc1Cl)c1ccc2c(c1)CCC2. The Morgan fingerprint density at radius 2 is 1.90 bits per heavy atom. The molecule has 1 aliphatic rings. The molecule has 3 heteroatoms. The molecule has 0 radical (unpaired) electrons. The van der Waals surface area contributed by atoms with Crippen LogP contribution in [0, 0.1) is 0 Å². The second-order valence-corrected chi connectivity index (χ2v) is 6.74. The molecule has 0 aromatic heterocycles. The minimum atomic E-state index is 0.210. The van der Waals surface area contributed by atoms with E-state index in [0.29, 0.717) is 5.75 Å². The van der Waals surface area contributed by atoms with E-state index in [1.807, 2.05) is 30.3 Å². The van der Waals surface area contributed by atoms with Gasteiger partial charge in [-0.25, -0.2) is 0 Å². The third-order valence-electron chi connectivity index (χ3n) is 3.87. The number of carbonyl (C=O) groups is 1.